The fourth-order valence-corrected chi connectivity index (χ4v) is 2.38. The van der Waals surface area contributed by atoms with Gasteiger partial charge in [0.05, 0.1) is 36.5 Å². The third-order valence-electron chi connectivity index (χ3n) is 2.35. The summed E-state index contributed by atoms with van der Waals surface area (Å²) in [5.74, 6) is 0.414. The molecule has 100 valence electrons. The minimum Gasteiger partial charge on any atom is -0.494 e. The molecule has 1 aromatic carbocycles. The van der Waals surface area contributed by atoms with Crippen LogP contribution in [0, 0.1) is 10.1 Å². The number of anilines is 1. The number of benzene rings is 1. The average Bonchev–Trinajstić information content (AvgIpc) is 2.81. The zero-order chi connectivity index (χ0) is 13.8. The molecule has 1 aromatic heterocycles. The monoisotopic (exact) mass is 299 g/mol. The van der Waals surface area contributed by atoms with Crippen LogP contribution in [-0.4, -0.2) is 17.0 Å². The predicted molar refractivity (Wildman–Crippen MR) is 74.1 cm³/mol. The first kappa shape index (κ1) is 13.6. The molecule has 0 unspecified atom stereocenters. The maximum Gasteiger partial charge on any atom is 0.273 e. The van der Waals surface area contributed by atoms with Crippen molar-refractivity contribution in [1.29, 1.82) is 0 Å². The molecule has 0 aliphatic heterocycles. The van der Waals surface area contributed by atoms with Crippen molar-refractivity contribution in [2.45, 2.75) is 6.54 Å². The molecule has 2 aromatic rings. The Morgan fingerprint density at radius 2 is 2.37 bits per heavy atom. The van der Waals surface area contributed by atoms with Crippen molar-refractivity contribution < 1.29 is 9.66 Å². The summed E-state index contributed by atoms with van der Waals surface area (Å²) in [4.78, 5) is 14.3. The van der Waals surface area contributed by atoms with Crippen molar-refractivity contribution in [2.24, 2.45) is 0 Å². The van der Waals surface area contributed by atoms with E-state index < -0.39 is 4.92 Å². The molecule has 1 heterocycles. The Hall–Kier alpha value is -1.86. The van der Waals surface area contributed by atoms with Gasteiger partial charge >= 0.3 is 0 Å². The number of methoxy groups -OCH3 is 1. The van der Waals surface area contributed by atoms with E-state index in [0.29, 0.717) is 22.3 Å². The van der Waals surface area contributed by atoms with Crippen molar-refractivity contribution in [1.82, 2.24) is 4.98 Å². The molecule has 2 rings (SSSR count). The number of hydrogen-bond donors (Lipinski definition) is 1. The van der Waals surface area contributed by atoms with Crippen LogP contribution in [0.2, 0.25) is 4.34 Å². The first-order valence-electron chi connectivity index (χ1n) is 5.26. The summed E-state index contributed by atoms with van der Waals surface area (Å²) in [5, 5.41) is 14.6. The Morgan fingerprint density at radius 3 is 2.95 bits per heavy atom. The van der Waals surface area contributed by atoms with Crippen LogP contribution >= 0.6 is 22.9 Å². The van der Waals surface area contributed by atoms with Crippen molar-refractivity contribution in [3.63, 3.8) is 0 Å². The molecule has 0 aliphatic rings. The fraction of sp³-hybridized carbons (Fsp3) is 0.182. The standard InChI is InChI=1S/C11H10ClN3O3S/c1-18-9-4-7(15(16)17)2-3-8(9)13-6-11-14-5-10(12)19-11/h2-5,13H,6H2,1H3. The zero-order valence-corrected chi connectivity index (χ0v) is 11.5. The molecule has 0 aliphatic carbocycles. The van der Waals surface area contributed by atoms with E-state index >= 15 is 0 Å². The molecule has 0 spiro atoms. The molecule has 1 N–H and O–H groups in total. The second-order valence-corrected chi connectivity index (χ2v) is 5.30. The summed E-state index contributed by atoms with van der Waals surface area (Å²) < 4.78 is 5.74. The van der Waals surface area contributed by atoms with E-state index in [-0.39, 0.29) is 5.69 Å². The van der Waals surface area contributed by atoms with E-state index in [4.69, 9.17) is 16.3 Å². The van der Waals surface area contributed by atoms with Gasteiger partial charge in [-0.25, -0.2) is 4.98 Å². The van der Waals surface area contributed by atoms with E-state index in [0.717, 1.165) is 5.01 Å². The molecular formula is C11H10ClN3O3S. The van der Waals surface area contributed by atoms with E-state index in [9.17, 15) is 10.1 Å². The smallest absolute Gasteiger partial charge is 0.273 e. The Bertz CT molecular complexity index is 603. The Labute approximate surface area is 118 Å². The number of nitrogens with one attached hydrogen (secondary N) is 1. The molecule has 0 atom stereocenters. The molecule has 0 saturated carbocycles. The van der Waals surface area contributed by atoms with Gasteiger partial charge in [0.15, 0.2) is 0 Å². The third-order valence-corrected chi connectivity index (χ3v) is 3.47. The largest absolute Gasteiger partial charge is 0.494 e. The van der Waals surface area contributed by atoms with E-state index in [1.165, 1.54) is 30.6 Å². The predicted octanol–water partition coefficient (Wildman–Crippen LogP) is 3.33. The first-order chi connectivity index (χ1) is 9.10. The highest BCUT2D eigenvalue weighted by Gasteiger charge is 2.11. The number of nitrogens with zero attached hydrogens (tertiary/aromatic N) is 2. The number of non-ortho nitro benzene ring substituents is 1. The third kappa shape index (κ3) is 3.33. The second kappa shape index (κ2) is 5.85. The van der Waals surface area contributed by atoms with Gasteiger partial charge in [0.25, 0.3) is 5.69 Å². The van der Waals surface area contributed by atoms with Crippen LogP contribution in [0.15, 0.2) is 24.4 Å². The van der Waals surface area contributed by atoms with Crippen molar-refractivity contribution in [2.75, 3.05) is 12.4 Å². The minimum absolute atomic E-state index is 0.0142. The van der Waals surface area contributed by atoms with Gasteiger partial charge in [-0.05, 0) is 6.07 Å². The topological polar surface area (TPSA) is 77.3 Å². The molecular weight excluding hydrogens is 290 g/mol. The minimum atomic E-state index is -0.465. The molecule has 0 amide bonds. The van der Waals surface area contributed by atoms with Gasteiger partial charge in [-0.3, -0.25) is 10.1 Å². The lowest BCUT2D eigenvalue weighted by molar-refractivity contribution is -0.384. The number of thiazole rings is 1. The van der Waals surface area contributed by atoms with E-state index in [1.54, 1.807) is 12.3 Å². The van der Waals surface area contributed by atoms with Gasteiger partial charge in [-0.2, -0.15) is 0 Å². The SMILES string of the molecule is COc1cc([N+](=O)[O-])ccc1NCc1ncc(Cl)s1. The lowest BCUT2D eigenvalue weighted by Gasteiger charge is -2.09. The lowest BCUT2D eigenvalue weighted by atomic mass is 10.2. The lowest BCUT2D eigenvalue weighted by Crippen LogP contribution is -2.01. The van der Waals surface area contributed by atoms with Gasteiger partial charge in [0.2, 0.25) is 0 Å². The molecule has 8 heteroatoms. The number of halogens is 1. The molecule has 19 heavy (non-hydrogen) atoms. The number of aromatic nitrogens is 1. The van der Waals surface area contributed by atoms with E-state index in [1.807, 2.05) is 0 Å². The average molecular weight is 300 g/mol. The maximum absolute atomic E-state index is 10.7. The molecule has 0 bridgehead atoms. The van der Waals surface area contributed by atoms with Crippen LogP contribution in [0.25, 0.3) is 0 Å². The molecule has 6 nitrogen and oxygen atoms in total. The summed E-state index contributed by atoms with van der Waals surface area (Å²) >= 11 is 7.16. The van der Waals surface area contributed by atoms with Crippen LogP contribution in [0.3, 0.4) is 0 Å². The van der Waals surface area contributed by atoms with Gasteiger partial charge in [0.1, 0.15) is 15.1 Å². The number of rotatable bonds is 5. The number of ether oxygens (including phenoxy) is 1. The van der Waals surface area contributed by atoms with Crippen molar-refractivity contribution in [3.05, 3.63) is 43.9 Å². The summed E-state index contributed by atoms with van der Waals surface area (Å²) in [6.07, 6.45) is 1.58. The highest BCUT2D eigenvalue weighted by Crippen LogP contribution is 2.29. The van der Waals surface area contributed by atoms with Gasteiger partial charge in [0, 0.05) is 6.07 Å². The van der Waals surface area contributed by atoms with Gasteiger partial charge in [-0.1, -0.05) is 11.6 Å². The van der Waals surface area contributed by atoms with Crippen LogP contribution < -0.4 is 10.1 Å². The summed E-state index contributed by atoms with van der Waals surface area (Å²) in [6, 6.07) is 4.39. The quantitative estimate of drug-likeness (QED) is 0.677. The normalized spacial score (nSPS) is 10.2. The summed E-state index contributed by atoms with van der Waals surface area (Å²) in [5.41, 5.74) is 0.652. The number of nitro benzene ring substituents is 1. The van der Waals surface area contributed by atoms with Crippen LogP contribution in [0.4, 0.5) is 11.4 Å². The van der Waals surface area contributed by atoms with Gasteiger partial charge in [-0.15, -0.1) is 11.3 Å². The maximum atomic E-state index is 10.7. The van der Waals surface area contributed by atoms with Gasteiger partial charge < -0.3 is 10.1 Å². The number of hydrogen-bond acceptors (Lipinski definition) is 6. The number of nitro groups is 1. The van der Waals surface area contributed by atoms with Crippen molar-refractivity contribution >= 4 is 34.3 Å². The van der Waals surface area contributed by atoms with Crippen LogP contribution in [-0.2, 0) is 6.54 Å². The Morgan fingerprint density at radius 1 is 1.58 bits per heavy atom. The van der Waals surface area contributed by atoms with E-state index in [2.05, 4.69) is 10.3 Å². The molecule has 0 fully saturated rings. The highest BCUT2D eigenvalue weighted by molar-refractivity contribution is 7.15. The molecule has 0 radical (unpaired) electrons. The molecule has 0 saturated heterocycles. The Kier molecular flexibility index (Phi) is 4.18. The summed E-state index contributed by atoms with van der Waals surface area (Å²) in [6.45, 7) is 0.478. The van der Waals surface area contributed by atoms with Crippen molar-refractivity contribution in [3.8, 4) is 5.75 Å². The zero-order valence-electron chi connectivity index (χ0n) is 9.92. The second-order valence-electron chi connectivity index (χ2n) is 3.55. The Balaban J connectivity index is 2.13. The fourth-order valence-electron chi connectivity index (χ4n) is 1.48. The summed E-state index contributed by atoms with van der Waals surface area (Å²) in [7, 11) is 1.46. The van der Waals surface area contributed by atoms with Crippen LogP contribution in [0.1, 0.15) is 5.01 Å². The highest BCUT2D eigenvalue weighted by atomic mass is 35.5. The first-order valence-corrected chi connectivity index (χ1v) is 6.46. The van der Waals surface area contributed by atoms with Crippen LogP contribution in [0.5, 0.6) is 5.75 Å².